The molecular weight excluding hydrogens is 328 g/mol. The molecule has 0 saturated carbocycles. The van der Waals surface area contributed by atoms with E-state index in [2.05, 4.69) is 10.3 Å². The van der Waals surface area contributed by atoms with Gasteiger partial charge in [0.05, 0.1) is 10.2 Å². The fourth-order valence-corrected chi connectivity index (χ4v) is 3.48. The highest BCUT2D eigenvalue weighted by atomic mass is 32.2. The van der Waals surface area contributed by atoms with Gasteiger partial charge in [-0.25, -0.2) is 4.98 Å². The summed E-state index contributed by atoms with van der Waals surface area (Å²) >= 11 is 1.53. The van der Waals surface area contributed by atoms with Crippen LogP contribution in [-0.2, 0) is 15.6 Å². The Bertz CT molecular complexity index is 883. The minimum absolute atomic E-state index is 0.247. The monoisotopic (exact) mass is 342 g/mol. The largest absolute Gasteiger partial charge is 0.322 e. The molecule has 0 radical (unpaired) electrons. The van der Waals surface area contributed by atoms with Crippen molar-refractivity contribution in [1.82, 2.24) is 4.98 Å². The van der Waals surface area contributed by atoms with Crippen LogP contribution in [0.2, 0.25) is 0 Å². The molecule has 2 aromatic carbocycles. The van der Waals surface area contributed by atoms with Crippen molar-refractivity contribution in [3.63, 3.8) is 0 Å². The zero-order valence-electron chi connectivity index (χ0n) is 12.4. The van der Waals surface area contributed by atoms with Crippen molar-refractivity contribution >= 4 is 50.0 Å². The van der Waals surface area contributed by atoms with Crippen molar-refractivity contribution in [1.29, 1.82) is 0 Å². The minimum Gasteiger partial charge on any atom is -0.322 e. The zero-order chi connectivity index (χ0) is 16.2. The first-order valence-corrected chi connectivity index (χ1v) is 9.27. The summed E-state index contributed by atoms with van der Waals surface area (Å²) < 4.78 is 12.5. The van der Waals surface area contributed by atoms with Gasteiger partial charge in [0.15, 0.2) is 0 Å². The third-order valence-corrected chi connectivity index (χ3v) is 5.04. The van der Waals surface area contributed by atoms with Crippen molar-refractivity contribution in [3.05, 3.63) is 59.6 Å². The number of amides is 1. The van der Waals surface area contributed by atoms with Crippen molar-refractivity contribution in [2.75, 3.05) is 11.6 Å². The summed E-state index contributed by atoms with van der Waals surface area (Å²) in [7, 11) is -1.07. The Balaban J connectivity index is 1.71. The van der Waals surface area contributed by atoms with Crippen molar-refractivity contribution in [3.8, 4) is 0 Å². The molecule has 1 N–H and O–H groups in total. The highest BCUT2D eigenvalue weighted by Crippen LogP contribution is 2.22. The number of aromatic nitrogens is 1. The van der Waals surface area contributed by atoms with Crippen molar-refractivity contribution < 1.29 is 9.00 Å². The first-order chi connectivity index (χ1) is 11.1. The Morgan fingerprint density at radius 3 is 2.83 bits per heavy atom. The number of para-hydroxylation sites is 1. The summed E-state index contributed by atoms with van der Waals surface area (Å²) in [5.74, 6) is -0.247. The highest BCUT2D eigenvalue weighted by molar-refractivity contribution is 7.84. The second-order valence-corrected chi connectivity index (χ2v) is 7.27. The van der Waals surface area contributed by atoms with E-state index < -0.39 is 10.8 Å². The normalized spacial score (nSPS) is 12.6. The zero-order valence-corrected chi connectivity index (χ0v) is 14.0. The van der Waals surface area contributed by atoms with Crippen molar-refractivity contribution in [2.24, 2.45) is 0 Å². The summed E-state index contributed by atoms with van der Waals surface area (Å²) in [4.78, 5) is 17.1. The van der Waals surface area contributed by atoms with Gasteiger partial charge in [-0.1, -0.05) is 18.2 Å². The van der Waals surface area contributed by atoms with E-state index >= 15 is 0 Å². The lowest BCUT2D eigenvalue weighted by molar-refractivity contribution is -0.111. The van der Waals surface area contributed by atoms with E-state index in [1.54, 1.807) is 36.6 Å². The summed E-state index contributed by atoms with van der Waals surface area (Å²) in [6, 6.07) is 14.9. The Hall–Kier alpha value is -2.31. The van der Waals surface area contributed by atoms with E-state index in [9.17, 15) is 9.00 Å². The van der Waals surface area contributed by atoms with Gasteiger partial charge in [0.2, 0.25) is 5.91 Å². The predicted molar refractivity (Wildman–Crippen MR) is 96.1 cm³/mol. The van der Waals surface area contributed by atoms with Crippen LogP contribution < -0.4 is 5.32 Å². The van der Waals surface area contributed by atoms with E-state index in [1.807, 2.05) is 24.3 Å². The van der Waals surface area contributed by atoms with Crippen LogP contribution in [0.4, 0.5) is 5.69 Å². The summed E-state index contributed by atoms with van der Waals surface area (Å²) in [5.41, 5.74) is 1.55. The highest BCUT2D eigenvalue weighted by Gasteiger charge is 2.03. The second-order valence-electron chi connectivity index (χ2n) is 4.82. The van der Waals surface area contributed by atoms with Gasteiger partial charge in [-0.2, -0.15) is 0 Å². The van der Waals surface area contributed by atoms with Crippen LogP contribution in [0.3, 0.4) is 0 Å². The molecule has 0 spiro atoms. The lowest BCUT2D eigenvalue weighted by atomic mass is 10.3. The third kappa shape index (κ3) is 3.91. The number of nitrogens with one attached hydrogen (secondary N) is 1. The SMILES string of the molecule is C[S@@](=O)c1cccc(NC(=O)/C=C\c2nc3ccccc3s2)c1. The van der Waals surface area contributed by atoms with Gasteiger partial charge in [-0.05, 0) is 36.4 Å². The van der Waals surface area contributed by atoms with Gasteiger partial charge < -0.3 is 5.32 Å². The third-order valence-electron chi connectivity index (χ3n) is 3.12. The summed E-state index contributed by atoms with van der Waals surface area (Å²) in [5, 5.41) is 3.54. The molecule has 0 aliphatic carbocycles. The van der Waals surface area contributed by atoms with Gasteiger partial charge in [-0.15, -0.1) is 11.3 Å². The van der Waals surface area contributed by atoms with E-state index in [0.29, 0.717) is 10.6 Å². The standard InChI is InChI=1S/C17H14N2O2S2/c1-23(21)13-6-4-5-12(11-13)18-16(20)9-10-17-19-14-7-2-3-8-15(14)22-17/h2-11H,1H3,(H,18,20)/b10-9-/t23-/m1/s1. The lowest BCUT2D eigenvalue weighted by Crippen LogP contribution is -2.07. The number of carbonyl (C=O) groups is 1. The average Bonchev–Trinajstić information content (AvgIpc) is 2.96. The molecule has 1 atom stereocenters. The molecule has 0 aliphatic rings. The van der Waals surface area contributed by atoms with Gasteiger partial charge in [0.25, 0.3) is 0 Å². The number of rotatable bonds is 4. The number of anilines is 1. The van der Waals surface area contributed by atoms with E-state index in [0.717, 1.165) is 15.2 Å². The van der Waals surface area contributed by atoms with E-state index in [1.165, 1.54) is 17.4 Å². The summed E-state index contributed by atoms with van der Waals surface area (Å²) in [6.45, 7) is 0. The van der Waals surface area contributed by atoms with Gasteiger partial charge >= 0.3 is 0 Å². The Kier molecular flexibility index (Phi) is 4.64. The number of carbonyl (C=O) groups excluding carboxylic acids is 1. The van der Waals surface area contributed by atoms with Gasteiger partial charge in [0.1, 0.15) is 5.01 Å². The maximum absolute atomic E-state index is 12.0. The van der Waals surface area contributed by atoms with Gasteiger partial charge in [0, 0.05) is 33.7 Å². The van der Waals surface area contributed by atoms with E-state index in [-0.39, 0.29) is 5.91 Å². The first-order valence-electron chi connectivity index (χ1n) is 6.90. The molecule has 0 saturated heterocycles. The molecule has 3 rings (SSSR count). The smallest absolute Gasteiger partial charge is 0.248 e. The number of benzene rings is 2. The van der Waals surface area contributed by atoms with Crippen LogP contribution in [-0.4, -0.2) is 21.4 Å². The van der Waals surface area contributed by atoms with Crippen LogP contribution in [0.1, 0.15) is 5.01 Å². The Labute approximate surface area is 140 Å². The maximum atomic E-state index is 12.0. The molecule has 3 aromatic rings. The molecule has 116 valence electrons. The average molecular weight is 342 g/mol. The molecule has 0 unspecified atom stereocenters. The Morgan fingerprint density at radius 1 is 1.22 bits per heavy atom. The minimum atomic E-state index is -1.07. The second kappa shape index (κ2) is 6.85. The molecule has 1 heterocycles. The fraction of sp³-hybridized carbons (Fsp3) is 0.0588. The summed E-state index contributed by atoms with van der Waals surface area (Å²) in [6.07, 6.45) is 4.75. The maximum Gasteiger partial charge on any atom is 0.248 e. The number of hydrogen-bond donors (Lipinski definition) is 1. The number of thiazole rings is 1. The molecule has 0 bridgehead atoms. The first kappa shape index (κ1) is 15.6. The van der Waals surface area contributed by atoms with Crippen LogP contribution in [0, 0.1) is 0 Å². The topological polar surface area (TPSA) is 59.1 Å². The molecule has 1 aromatic heterocycles. The van der Waals surface area contributed by atoms with Crippen molar-refractivity contribution in [2.45, 2.75) is 4.90 Å². The molecule has 4 nitrogen and oxygen atoms in total. The Morgan fingerprint density at radius 2 is 2.04 bits per heavy atom. The predicted octanol–water partition coefficient (Wildman–Crippen LogP) is 3.69. The van der Waals surface area contributed by atoms with Crippen LogP contribution in [0.15, 0.2) is 59.5 Å². The number of nitrogens with zero attached hydrogens (tertiary/aromatic N) is 1. The van der Waals surface area contributed by atoms with Gasteiger partial charge in [-0.3, -0.25) is 9.00 Å². The molecule has 23 heavy (non-hydrogen) atoms. The fourth-order valence-electron chi connectivity index (χ4n) is 2.04. The molecular formula is C17H14N2O2S2. The molecule has 1 amide bonds. The van der Waals surface area contributed by atoms with E-state index in [4.69, 9.17) is 0 Å². The lowest BCUT2D eigenvalue weighted by Gasteiger charge is -2.03. The van der Waals surface area contributed by atoms with Crippen LogP contribution in [0.25, 0.3) is 16.3 Å². The van der Waals surface area contributed by atoms with Crippen LogP contribution >= 0.6 is 11.3 Å². The molecule has 6 heteroatoms. The molecule has 0 aliphatic heterocycles. The van der Waals surface area contributed by atoms with Crippen LogP contribution in [0.5, 0.6) is 0 Å². The number of fused-ring (bicyclic) bond motifs is 1. The number of hydrogen-bond acceptors (Lipinski definition) is 4. The quantitative estimate of drug-likeness (QED) is 0.736. The molecule has 0 fully saturated rings.